The molecular formula is C25H15N3O2S. The van der Waals surface area contributed by atoms with Crippen LogP contribution in [0.4, 0.5) is 0 Å². The number of nitrogens with one attached hydrogen (secondary N) is 1. The van der Waals surface area contributed by atoms with Crippen molar-refractivity contribution in [1.82, 2.24) is 14.5 Å². The SMILES string of the molecule is O=c1[nH]c2cc(-c3csc4ccccc34)ccc2c(=O)n1-c1cncc2ccccc12. The average Bonchev–Trinajstić information content (AvgIpc) is 3.23. The predicted molar refractivity (Wildman–Crippen MR) is 126 cm³/mol. The van der Waals surface area contributed by atoms with Gasteiger partial charge >= 0.3 is 5.69 Å². The Morgan fingerprint density at radius 2 is 1.65 bits per heavy atom. The largest absolute Gasteiger partial charge is 0.333 e. The number of aromatic nitrogens is 3. The zero-order chi connectivity index (χ0) is 20.9. The first-order chi connectivity index (χ1) is 15.2. The molecule has 0 saturated heterocycles. The number of benzene rings is 3. The van der Waals surface area contributed by atoms with E-state index in [2.05, 4.69) is 27.5 Å². The first-order valence-corrected chi connectivity index (χ1v) is 10.7. The molecule has 0 aliphatic carbocycles. The van der Waals surface area contributed by atoms with Crippen LogP contribution in [0.5, 0.6) is 0 Å². The number of rotatable bonds is 2. The van der Waals surface area contributed by atoms with E-state index in [0.29, 0.717) is 16.6 Å². The standard InChI is InChI=1S/C25H15N3O2S/c29-24-19-10-9-15(20-14-31-23-8-4-3-7-18(20)23)11-21(19)27-25(30)28(24)22-13-26-12-16-5-1-2-6-17(16)22/h1-14H,(H,27,30). The molecule has 0 spiro atoms. The summed E-state index contributed by atoms with van der Waals surface area (Å²) < 4.78 is 2.36. The fraction of sp³-hybridized carbons (Fsp3) is 0. The highest BCUT2D eigenvalue weighted by atomic mass is 32.1. The van der Waals surface area contributed by atoms with Gasteiger partial charge in [0, 0.05) is 32.6 Å². The highest BCUT2D eigenvalue weighted by Crippen LogP contribution is 2.34. The van der Waals surface area contributed by atoms with Crippen molar-refractivity contribution >= 4 is 43.1 Å². The Morgan fingerprint density at radius 3 is 2.55 bits per heavy atom. The fourth-order valence-electron chi connectivity index (χ4n) is 4.08. The molecule has 148 valence electrons. The van der Waals surface area contributed by atoms with Crippen molar-refractivity contribution in [1.29, 1.82) is 0 Å². The van der Waals surface area contributed by atoms with Crippen LogP contribution in [0.2, 0.25) is 0 Å². The molecule has 0 saturated carbocycles. The van der Waals surface area contributed by atoms with Gasteiger partial charge in [-0.3, -0.25) is 9.78 Å². The first kappa shape index (κ1) is 17.8. The number of aromatic amines is 1. The van der Waals surface area contributed by atoms with Crippen LogP contribution >= 0.6 is 11.3 Å². The molecule has 3 aromatic carbocycles. The minimum Gasteiger partial charge on any atom is -0.306 e. The van der Waals surface area contributed by atoms with Crippen molar-refractivity contribution < 1.29 is 0 Å². The minimum absolute atomic E-state index is 0.362. The van der Waals surface area contributed by atoms with E-state index in [1.807, 2.05) is 48.5 Å². The second-order valence-corrected chi connectivity index (χ2v) is 8.27. The predicted octanol–water partition coefficient (Wildman–Crippen LogP) is 5.11. The van der Waals surface area contributed by atoms with Crippen molar-refractivity contribution in [3.63, 3.8) is 0 Å². The third-order valence-electron chi connectivity index (χ3n) is 5.58. The van der Waals surface area contributed by atoms with Crippen LogP contribution in [0.3, 0.4) is 0 Å². The Kier molecular flexibility index (Phi) is 3.88. The van der Waals surface area contributed by atoms with Gasteiger partial charge in [0.05, 0.1) is 22.8 Å². The van der Waals surface area contributed by atoms with E-state index in [4.69, 9.17) is 0 Å². The number of hydrogen-bond donors (Lipinski definition) is 1. The van der Waals surface area contributed by atoms with E-state index in [9.17, 15) is 9.59 Å². The minimum atomic E-state index is -0.483. The molecule has 0 bridgehead atoms. The highest BCUT2D eigenvalue weighted by Gasteiger charge is 2.14. The van der Waals surface area contributed by atoms with Crippen molar-refractivity contribution in [3.8, 4) is 16.8 Å². The quantitative estimate of drug-likeness (QED) is 0.422. The van der Waals surface area contributed by atoms with Crippen LogP contribution in [-0.4, -0.2) is 14.5 Å². The number of pyridine rings is 1. The lowest BCUT2D eigenvalue weighted by Gasteiger charge is -2.10. The summed E-state index contributed by atoms with van der Waals surface area (Å²) in [7, 11) is 0. The van der Waals surface area contributed by atoms with Crippen molar-refractivity contribution in [3.05, 3.63) is 105 Å². The van der Waals surface area contributed by atoms with Gasteiger partial charge in [0.1, 0.15) is 0 Å². The van der Waals surface area contributed by atoms with Crippen molar-refractivity contribution in [2.45, 2.75) is 0 Å². The topological polar surface area (TPSA) is 67.8 Å². The summed E-state index contributed by atoms with van der Waals surface area (Å²) in [4.78, 5) is 33.4. The third-order valence-corrected chi connectivity index (χ3v) is 6.54. The molecule has 3 heterocycles. The normalized spacial score (nSPS) is 11.5. The lowest BCUT2D eigenvalue weighted by molar-refractivity contribution is 0.902. The summed E-state index contributed by atoms with van der Waals surface area (Å²) in [5.41, 5.74) is 2.20. The third kappa shape index (κ3) is 2.73. The molecule has 6 rings (SSSR count). The van der Waals surface area contributed by atoms with Gasteiger partial charge in [-0.25, -0.2) is 9.36 Å². The van der Waals surface area contributed by atoms with Crippen LogP contribution in [0.25, 0.3) is 48.6 Å². The van der Waals surface area contributed by atoms with E-state index < -0.39 is 5.69 Å². The molecule has 0 amide bonds. The van der Waals surface area contributed by atoms with Crippen LogP contribution in [0, 0.1) is 0 Å². The maximum atomic E-state index is 13.3. The Morgan fingerprint density at radius 1 is 0.839 bits per heavy atom. The maximum absolute atomic E-state index is 13.3. The molecule has 0 aliphatic heterocycles. The van der Waals surface area contributed by atoms with Crippen LogP contribution in [0.15, 0.2) is 94.1 Å². The number of fused-ring (bicyclic) bond motifs is 3. The molecule has 0 aliphatic rings. The van der Waals surface area contributed by atoms with Gasteiger partial charge in [0.2, 0.25) is 0 Å². The number of H-pyrrole nitrogens is 1. The molecule has 6 heteroatoms. The van der Waals surface area contributed by atoms with Gasteiger partial charge < -0.3 is 4.98 Å². The molecule has 0 fully saturated rings. The Labute approximate surface area is 179 Å². The zero-order valence-corrected chi connectivity index (χ0v) is 17.0. The summed E-state index contributed by atoms with van der Waals surface area (Å²) in [6, 6.07) is 21.4. The molecule has 6 aromatic rings. The molecule has 31 heavy (non-hydrogen) atoms. The van der Waals surface area contributed by atoms with Gasteiger partial charge in [-0.15, -0.1) is 11.3 Å². The maximum Gasteiger partial charge on any atom is 0.333 e. The van der Waals surface area contributed by atoms with Crippen LogP contribution in [0.1, 0.15) is 0 Å². The molecule has 0 unspecified atom stereocenters. The second-order valence-electron chi connectivity index (χ2n) is 7.36. The Balaban J connectivity index is 1.59. The van der Waals surface area contributed by atoms with E-state index in [-0.39, 0.29) is 5.56 Å². The number of nitrogens with zero attached hydrogens (tertiary/aromatic N) is 2. The molecule has 5 nitrogen and oxygen atoms in total. The summed E-state index contributed by atoms with van der Waals surface area (Å²) in [5.74, 6) is 0. The molecule has 0 radical (unpaired) electrons. The highest BCUT2D eigenvalue weighted by molar-refractivity contribution is 7.17. The van der Waals surface area contributed by atoms with Crippen LogP contribution < -0.4 is 11.2 Å². The second kappa shape index (κ2) is 6.75. The van der Waals surface area contributed by atoms with Gasteiger partial charge in [-0.2, -0.15) is 0 Å². The first-order valence-electron chi connectivity index (χ1n) is 9.79. The van der Waals surface area contributed by atoms with E-state index >= 15 is 0 Å². The Hall–Kier alpha value is -4.03. The summed E-state index contributed by atoms with van der Waals surface area (Å²) >= 11 is 1.68. The van der Waals surface area contributed by atoms with E-state index in [1.165, 1.54) is 4.70 Å². The number of hydrogen-bond acceptors (Lipinski definition) is 4. The Bertz CT molecular complexity index is 1740. The smallest absolute Gasteiger partial charge is 0.306 e. The van der Waals surface area contributed by atoms with Crippen molar-refractivity contribution in [2.24, 2.45) is 0 Å². The van der Waals surface area contributed by atoms with E-state index in [0.717, 1.165) is 31.9 Å². The monoisotopic (exact) mass is 421 g/mol. The van der Waals surface area contributed by atoms with Gasteiger partial charge in [0.25, 0.3) is 5.56 Å². The lowest BCUT2D eigenvalue weighted by Crippen LogP contribution is -2.33. The van der Waals surface area contributed by atoms with Gasteiger partial charge in [-0.1, -0.05) is 48.5 Å². The summed E-state index contributed by atoms with van der Waals surface area (Å²) in [6.45, 7) is 0. The van der Waals surface area contributed by atoms with Crippen LogP contribution in [-0.2, 0) is 0 Å². The molecule has 1 N–H and O–H groups in total. The number of thiophene rings is 1. The average molecular weight is 421 g/mol. The fourth-order valence-corrected chi connectivity index (χ4v) is 5.05. The van der Waals surface area contributed by atoms with Gasteiger partial charge in [0.15, 0.2) is 0 Å². The lowest BCUT2D eigenvalue weighted by atomic mass is 10.0. The van der Waals surface area contributed by atoms with Gasteiger partial charge in [-0.05, 0) is 29.1 Å². The van der Waals surface area contributed by atoms with E-state index in [1.54, 1.807) is 29.8 Å². The molecule has 3 aromatic heterocycles. The zero-order valence-electron chi connectivity index (χ0n) is 16.2. The molecule has 0 atom stereocenters. The summed E-state index contributed by atoms with van der Waals surface area (Å²) in [5, 5.41) is 5.38. The summed E-state index contributed by atoms with van der Waals surface area (Å²) in [6.07, 6.45) is 3.27. The molecular weight excluding hydrogens is 406 g/mol. The van der Waals surface area contributed by atoms with Crippen molar-refractivity contribution in [2.75, 3.05) is 0 Å².